The van der Waals surface area contributed by atoms with Crippen molar-refractivity contribution in [3.63, 3.8) is 0 Å². The molecule has 34 heavy (non-hydrogen) atoms. The van der Waals surface area contributed by atoms with E-state index in [1.165, 1.54) is 12.0 Å². The zero-order valence-electron chi connectivity index (χ0n) is 20.2. The summed E-state index contributed by atoms with van der Waals surface area (Å²) < 4.78 is 9.74. The summed E-state index contributed by atoms with van der Waals surface area (Å²) in [4.78, 5) is 51.7. The number of carbonyl (C=O) groups is 4. The predicted molar refractivity (Wildman–Crippen MR) is 124 cm³/mol. The molecule has 0 saturated heterocycles. The number of nitrogens with zero attached hydrogens (tertiary/aromatic N) is 1. The largest absolute Gasteiger partial charge is 0.468 e. The van der Waals surface area contributed by atoms with Crippen molar-refractivity contribution in [3.05, 3.63) is 35.4 Å². The van der Waals surface area contributed by atoms with Crippen LogP contribution < -0.4 is 10.6 Å². The molecule has 1 aromatic carbocycles. The van der Waals surface area contributed by atoms with Gasteiger partial charge in [0.15, 0.2) is 0 Å². The molecule has 0 spiro atoms. The van der Waals surface area contributed by atoms with Crippen LogP contribution in [0, 0.1) is 12.3 Å². The van der Waals surface area contributed by atoms with Gasteiger partial charge in [0.05, 0.1) is 13.7 Å². The monoisotopic (exact) mass is 475 g/mol. The molecule has 1 aromatic rings. The van der Waals surface area contributed by atoms with Crippen molar-refractivity contribution in [1.29, 1.82) is 0 Å². The second-order valence-corrected chi connectivity index (χ2v) is 8.34. The quantitative estimate of drug-likeness (QED) is 0.341. The average Bonchev–Trinajstić information content (AvgIpc) is 2.79. The SMILES string of the molecule is C#Cc1ccccc1C(C(=O)NCC(=O)OC)N(CCC)C(=O)C(CO)NC(=O)OC(C)(C)C. The molecule has 0 saturated carbocycles. The van der Waals surface area contributed by atoms with Crippen LogP contribution in [0.5, 0.6) is 0 Å². The lowest BCUT2D eigenvalue weighted by molar-refractivity contribution is -0.145. The molecule has 3 N–H and O–H groups in total. The Morgan fingerprint density at radius 1 is 1.21 bits per heavy atom. The average molecular weight is 476 g/mol. The van der Waals surface area contributed by atoms with E-state index in [1.54, 1.807) is 52.0 Å². The number of aliphatic hydroxyl groups excluding tert-OH is 1. The van der Waals surface area contributed by atoms with Crippen molar-refractivity contribution >= 4 is 23.9 Å². The van der Waals surface area contributed by atoms with Crippen molar-refractivity contribution in [2.45, 2.75) is 51.8 Å². The number of esters is 1. The van der Waals surface area contributed by atoms with Crippen LogP contribution in [0.4, 0.5) is 4.79 Å². The van der Waals surface area contributed by atoms with Crippen molar-refractivity contribution in [2.75, 3.05) is 26.8 Å². The van der Waals surface area contributed by atoms with E-state index in [1.807, 2.05) is 0 Å². The molecule has 2 atom stereocenters. The van der Waals surface area contributed by atoms with Crippen LogP contribution in [0.2, 0.25) is 0 Å². The van der Waals surface area contributed by atoms with Gasteiger partial charge in [-0.25, -0.2) is 4.79 Å². The molecular weight excluding hydrogens is 442 g/mol. The summed E-state index contributed by atoms with van der Waals surface area (Å²) in [5.74, 6) is 0.421. The molecule has 0 radical (unpaired) electrons. The lowest BCUT2D eigenvalue weighted by Crippen LogP contribution is -2.54. The highest BCUT2D eigenvalue weighted by molar-refractivity contribution is 5.93. The van der Waals surface area contributed by atoms with E-state index in [0.717, 1.165) is 0 Å². The fourth-order valence-corrected chi connectivity index (χ4v) is 3.09. The van der Waals surface area contributed by atoms with Gasteiger partial charge in [0.2, 0.25) is 11.8 Å². The second kappa shape index (κ2) is 13.2. The summed E-state index contributed by atoms with van der Waals surface area (Å²) in [6.07, 6.45) is 5.18. The number of methoxy groups -OCH3 is 1. The van der Waals surface area contributed by atoms with Crippen molar-refractivity contribution in [1.82, 2.24) is 15.5 Å². The maximum Gasteiger partial charge on any atom is 0.408 e. The highest BCUT2D eigenvalue weighted by Gasteiger charge is 2.36. The number of aliphatic hydroxyl groups is 1. The first-order valence-corrected chi connectivity index (χ1v) is 10.8. The number of benzene rings is 1. The van der Waals surface area contributed by atoms with Gasteiger partial charge in [-0.3, -0.25) is 14.4 Å². The minimum Gasteiger partial charge on any atom is -0.468 e. The number of carbonyl (C=O) groups excluding carboxylic acids is 4. The molecular formula is C24H33N3O7. The Morgan fingerprint density at radius 2 is 1.85 bits per heavy atom. The minimum atomic E-state index is -1.38. The maximum atomic E-state index is 13.5. The summed E-state index contributed by atoms with van der Waals surface area (Å²) in [6.45, 7) is 5.72. The van der Waals surface area contributed by atoms with Gasteiger partial charge in [-0.15, -0.1) is 6.42 Å². The van der Waals surface area contributed by atoms with Crippen LogP contribution in [0.1, 0.15) is 51.3 Å². The number of rotatable bonds is 10. The van der Waals surface area contributed by atoms with Crippen LogP contribution in [0.3, 0.4) is 0 Å². The normalized spacial score (nSPS) is 12.5. The highest BCUT2D eigenvalue weighted by atomic mass is 16.6. The van der Waals surface area contributed by atoms with Crippen molar-refractivity contribution in [2.24, 2.45) is 0 Å². The molecule has 0 bridgehead atoms. The van der Waals surface area contributed by atoms with E-state index in [-0.39, 0.29) is 6.54 Å². The number of terminal acetylenes is 1. The third-order valence-electron chi connectivity index (χ3n) is 4.52. The molecule has 0 aliphatic rings. The molecule has 1 rings (SSSR count). The van der Waals surface area contributed by atoms with E-state index in [4.69, 9.17) is 11.2 Å². The summed E-state index contributed by atoms with van der Waals surface area (Å²) in [7, 11) is 1.18. The van der Waals surface area contributed by atoms with Crippen LogP contribution in [0.15, 0.2) is 24.3 Å². The number of nitrogens with one attached hydrogen (secondary N) is 2. The van der Waals surface area contributed by atoms with E-state index < -0.39 is 54.7 Å². The zero-order valence-corrected chi connectivity index (χ0v) is 20.2. The van der Waals surface area contributed by atoms with E-state index in [2.05, 4.69) is 21.3 Å². The highest BCUT2D eigenvalue weighted by Crippen LogP contribution is 2.26. The molecule has 0 heterocycles. The predicted octanol–water partition coefficient (Wildman–Crippen LogP) is 1.12. The Balaban J connectivity index is 3.40. The molecule has 0 fully saturated rings. The van der Waals surface area contributed by atoms with Gasteiger partial charge in [-0.1, -0.05) is 31.0 Å². The number of hydrogen-bond donors (Lipinski definition) is 3. The van der Waals surface area contributed by atoms with Crippen LogP contribution in [0.25, 0.3) is 0 Å². The smallest absolute Gasteiger partial charge is 0.408 e. The topological polar surface area (TPSA) is 134 Å². The molecule has 2 unspecified atom stereocenters. The van der Waals surface area contributed by atoms with Crippen LogP contribution >= 0.6 is 0 Å². The van der Waals surface area contributed by atoms with Crippen LogP contribution in [-0.4, -0.2) is 72.3 Å². The summed E-state index contributed by atoms with van der Waals surface area (Å²) in [5.41, 5.74) is -0.100. The summed E-state index contributed by atoms with van der Waals surface area (Å²) in [6, 6.07) is 3.95. The zero-order chi connectivity index (χ0) is 25.9. The van der Waals surface area contributed by atoms with Gasteiger partial charge in [0, 0.05) is 12.1 Å². The lowest BCUT2D eigenvalue weighted by Gasteiger charge is -2.34. The standard InChI is InChI=1S/C24H33N3O7/c1-7-13-27(22(31)18(15-28)26-23(32)34-24(3,4)5)20(21(30)25-14-19(29)33-6)17-12-10-9-11-16(17)8-2/h2,9-12,18,20,28H,7,13-15H2,1,3-6H3,(H,25,30)(H,26,32). The first-order chi connectivity index (χ1) is 16.0. The van der Waals surface area contributed by atoms with Gasteiger partial charge in [-0.2, -0.15) is 0 Å². The molecule has 186 valence electrons. The lowest BCUT2D eigenvalue weighted by atomic mass is 9.97. The fourth-order valence-electron chi connectivity index (χ4n) is 3.09. The van der Waals surface area contributed by atoms with E-state index in [0.29, 0.717) is 17.5 Å². The molecule has 0 aromatic heterocycles. The molecule has 10 nitrogen and oxygen atoms in total. The Morgan fingerprint density at radius 3 is 2.38 bits per heavy atom. The molecule has 10 heteroatoms. The number of alkyl carbamates (subject to hydrolysis) is 1. The van der Waals surface area contributed by atoms with E-state index >= 15 is 0 Å². The minimum absolute atomic E-state index is 0.0978. The van der Waals surface area contributed by atoms with Gasteiger partial charge in [-0.05, 0) is 38.8 Å². The van der Waals surface area contributed by atoms with Crippen LogP contribution in [-0.2, 0) is 23.9 Å². The molecule has 3 amide bonds. The Labute approximate surface area is 200 Å². The summed E-state index contributed by atoms with van der Waals surface area (Å²) >= 11 is 0. The van der Waals surface area contributed by atoms with Gasteiger partial charge in [0.25, 0.3) is 0 Å². The van der Waals surface area contributed by atoms with Gasteiger partial charge in [0.1, 0.15) is 24.2 Å². The first kappa shape index (κ1) is 28.5. The Bertz CT molecular complexity index is 918. The number of hydrogen-bond acceptors (Lipinski definition) is 7. The maximum absolute atomic E-state index is 13.5. The number of amides is 3. The van der Waals surface area contributed by atoms with Crippen molar-refractivity contribution in [3.8, 4) is 12.3 Å². The second-order valence-electron chi connectivity index (χ2n) is 8.34. The van der Waals surface area contributed by atoms with Gasteiger partial charge < -0.3 is 30.1 Å². The third kappa shape index (κ3) is 8.41. The molecule has 0 aliphatic heterocycles. The Hall–Kier alpha value is -3.58. The van der Waals surface area contributed by atoms with Crippen molar-refractivity contribution < 1.29 is 33.8 Å². The molecule has 0 aliphatic carbocycles. The number of ether oxygens (including phenoxy) is 2. The third-order valence-corrected chi connectivity index (χ3v) is 4.52. The van der Waals surface area contributed by atoms with Gasteiger partial charge >= 0.3 is 12.1 Å². The Kier molecular flexibility index (Phi) is 11.1. The van der Waals surface area contributed by atoms with E-state index in [9.17, 15) is 24.3 Å². The fraction of sp³-hybridized carbons (Fsp3) is 0.500. The summed E-state index contributed by atoms with van der Waals surface area (Å²) in [5, 5.41) is 14.7. The first-order valence-electron chi connectivity index (χ1n) is 10.8.